The minimum atomic E-state index is -0.629. The van der Waals surface area contributed by atoms with Crippen molar-refractivity contribution in [3.63, 3.8) is 0 Å². The zero-order valence-electron chi connectivity index (χ0n) is 9.78. The van der Waals surface area contributed by atoms with Crippen LogP contribution in [-0.2, 0) is 9.59 Å². The van der Waals surface area contributed by atoms with Gasteiger partial charge in [0.05, 0.1) is 0 Å². The topological polar surface area (TPSA) is 58.2 Å². The number of hydrazine groups is 1. The van der Waals surface area contributed by atoms with Crippen molar-refractivity contribution >= 4 is 11.6 Å². The predicted octanol–water partition coefficient (Wildman–Crippen LogP) is 1.27. The van der Waals surface area contributed by atoms with Crippen LogP contribution in [0.5, 0.6) is 0 Å². The first-order chi connectivity index (χ1) is 8.11. The minimum absolute atomic E-state index is 0.432. The number of rotatable bonds is 1. The molecule has 1 heterocycles. The number of benzene rings is 1. The number of nitrogens with one attached hydrogen (secondary N) is 2. The van der Waals surface area contributed by atoms with E-state index in [9.17, 15) is 9.59 Å². The average molecular weight is 230 g/mol. The third kappa shape index (κ3) is 2.12. The van der Waals surface area contributed by atoms with E-state index in [2.05, 4.69) is 10.9 Å². The molecule has 1 unspecified atom stereocenters. The summed E-state index contributed by atoms with van der Waals surface area (Å²) in [7, 11) is 0. The lowest BCUT2D eigenvalue weighted by atomic mass is 9.98. The van der Waals surface area contributed by atoms with E-state index in [1.54, 1.807) is 13.8 Å². The van der Waals surface area contributed by atoms with Gasteiger partial charge in [0.1, 0.15) is 6.04 Å². The van der Waals surface area contributed by atoms with Gasteiger partial charge in [-0.25, -0.2) is 5.43 Å². The van der Waals surface area contributed by atoms with Crippen molar-refractivity contribution in [2.75, 3.05) is 0 Å². The summed E-state index contributed by atoms with van der Waals surface area (Å²) in [6, 6.07) is 8.56. The Morgan fingerprint density at radius 3 is 2.35 bits per heavy atom. The molecule has 1 atom stereocenters. The maximum absolute atomic E-state index is 12.0. The van der Waals surface area contributed by atoms with Gasteiger partial charge >= 0.3 is 0 Å². The normalized spacial score (nSPS) is 21.2. The molecule has 4 heteroatoms. The highest BCUT2D eigenvalue weighted by Crippen LogP contribution is 2.18. The van der Waals surface area contributed by atoms with Crippen LogP contribution >= 0.6 is 0 Å². The van der Waals surface area contributed by atoms with Crippen LogP contribution in [0.1, 0.15) is 25.5 Å². The molecular weight excluding hydrogens is 216 g/mol. The fourth-order valence-corrected chi connectivity index (χ4v) is 1.71. The van der Waals surface area contributed by atoms with Crippen LogP contribution in [0, 0.1) is 0 Å². The molecule has 1 aliphatic heterocycles. The predicted molar refractivity (Wildman–Crippen MR) is 63.8 cm³/mol. The number of carbonyl (C=O) groups is 2. The van der Waals surface area contributed by atoms with E-state index in [0.717, 1.165) is 5.56 Å². The van der Waals surface area contributed by atoms with Crippen LogP contribution in [0.4, 0.5) is 0 Å². The van der Waals surface area contributed by atoms with Crippen molar-refractivity contribution in [1.82, 2.24) is 10.9 Å². The molecule has 0 amide bonds. The van der Waals surface area contributed by atoms with E-state index in [1.807, 2.05) is 30.3 Å². The smallest absolute Gasteiger partial charge is 0.228 e. The Morgan fingerprint density at radius 2 is 1.71 bits per heavy atom. The zero-order valence-corrected chi connectivity index (χ0v) is 9.78. The highest BCUT2D eigenvalue weighted by atomic mass is 16.2. The van der Waals surface area contributed by atoms with Gasteiger partial charge in [0, 0.05) is 11.3 Å². The van der Waals surface area contributed by atoms with Crippen molar-refractivity contribution in [2.45, 2.75) is 19.9 Å². The molecule has 2 rings (SSSR count). The molecule has 0 saturated carbocycles. The van der Waals surface area contributed by atoms with Crippen LogP contribution in [0.15, 0.2) is 41.6 Å². The van der Waals surface area contributed by atoms with Crippen molar-refractivity contribution in [1.29, 1.82) is 0 Å². The third-order valence-corrected chi connectivity index (χ3v) is 2.93. The van der Waals surface area contributed by atoms with Crippen LogP contribution in [-0.4, -0.2) is 11.6 Å². The van der Waals surface area contributed by atoms with Crippen LogP contribution in [0.2, 0.25) is 0 Å². The molecular formula is C13H14N2O2. The molecule has 0 saturated heterocycles. The van der Waals surface area contributed by atoms with Crippen LogP contribution in [0.25, 0.3) is 0 Å². The van der Waals surface area contributed by atoms with Gasteiger partial charge in [0.25, 0.3) is 0 Å². The fourth-order valence-electron chi connectivity index (χ4n) is 1.71. The molecule has 0 spiro atoms. The largest absolute Gasteiger partial charge is 0.324 e. The van der Waals surface area contributed by atoms with E-state index in [0.29, 0.717) is 11.3 Å². The SMILES string of the molecule is CC1=C(C)C(=O)C(=O)C(c2ccccc2)NN1. The van der Waals surface area contributed by atoms with E-state index in [-0.39, 0.29) is 0 Å². The molecule has 0 aromatic heterocycles. The summed E-state index contributed by atoms with van der Waals surface area (Å²) in [6.45, 7) is 3.42. The first kappa shape index (κ1) is 11.5. The summed E-state index contributed by atoms with van der Waals surface area (Å²) >= 11 is 0. The third-order valence-electron chi connectivity index (χ3n) is 2.93. The number of ketones is 2. The van der Waals surface area contributed by atoms with Crippen molar-refractivity contribution in [2.24, 2.45) is 0 Å². The van der Waals surface area contributed by atoms with E-state index < -0.39 is 17.6 Å². The van der Waals surface area contributed by atoms with E-state index in [4.69, 9.17) is 0 Å². The van der Waals surface area contributed by atoms with Crippen LogP contribution < -0.4 is 10.9 Å². The lowest BCUT2D eigenvalue weighted by Crippen LogP contribution is -2.37. The lowest BCUT2D eigenvalue weighted by Gasteiger charge is -2.15. The van der Waals surface area contributed by atoms with Crippen molar-refractivity contribution in [3.05, 3.63) is 47.2 Å². The second-order valence-electron chi connectivity index (χ2n) is 4.06. The first-order valence-corrected chi connectivity index (χ1v) is 5.43. The van der Waals surface area contributed by atoms with Gasteiger partial charge in [0.2, 0.25) is 11.6 Å². The fraction of sp³-hybridized carbons (Fsp3) is 0.231. The number of allylic oxidation sites excluding steroid dienone is 2. The van der Waals surface area contributed by atoms with Crippen molar-refractivity contribution in [3.8, 4) is 0 Å². The molecule has 17 heavy (non-hydrogen) atoms. The number of hydrogen-bond donors (Lipinski definition) is 2. The zero-order chi connectivity index (χ0) is 12.4. The highest BCUT2D eigenvalue weighted by molar-refractivity contribution is 6.45. The summed E-state index contributed by atoms with van der Waals surface area (Å²) in [5.41, 5.74) is 7.69. The standard InChI is InChI=1S/C13H14N2O2/c1-8-9(2)14-15-11(13(17)12(8)16)10-6-4-3-5-7-10/h3-7,11,14-15H,1-2H3. The summed E-state index contributed by atoms with van der Waals surface area (Å²) < 4.78 is 0. The number of hydrogen-bond acceptors (Lipinski definition) is 4. The molecule has 0 fully saturated rings. The van der Waals surface area contributed by atoms with Gasteiger partial charge in [0.15, 0.2) is 0 Å². The minimum Gasteiger partial charge on any atom is -0.324 e. The average Bonchev–Trinajstić information content (AvgIpc) is 2.45. The van der Waals surface area contributed by atoms with Gasteiger partial charge in [-0.2, -0.15) is 0 Å². The first-order valence-electron chi connectivity index (χ1n) is 5.43. The van der Waals surface area contributed by atoms with Gasteiger partial charge < -0.3 is 5.43 Å². The maximum atomic E-state index is 12.0. The Labute approximate surface area is 99.7 Å². The van der Waals surface area contributed by atoms with Crippen LogP contribution in [0.3, 0.4) is 0 Å². The second-order valence-corrected chi connectivity index (χ2v) is 4.06. The van der Waals surface area contributed by atoms with E-state index >= 15 is 0 Å². The number of carbonyl (C=O) groups excluding carboxylic acids is 2. The molecule has 88 valence electrons. The van der Waals surface area contributed by atoms with Crippen molar-refractivity contribution < 1.29 is 9.59 Å². The lowest BCUT2D eigenvalue weighted by molar-refractivity contribution is -0.135. The molecule has 0 radical (unpaired) electrons. The summed E-state index contributed by atoms with van der Waals surface area (Å²) in [6.07, 6.45) is 0. The maximum Gasteiger partial charge on any atom is 0.228 e. The summed E-state index contributed by atoms with van der Waals surface area (Å²) in [4.78, 5) is 23.9. The Balaban J connectivity index is 2.35. The summed E-state index contributed by atoms with van der Waals surface area (Å²) in [5, 5.41) is 0. The van der Waals surface area contributed by atoms with E-state index in [1.165, 1.54) is 0 Å². The molecule has 1 aromatic rings. The molecule has 1 aliphatic rings. The molecule has 2 N–H and O–H groups in total. The molecule has 1 aromatic carbocycles. The van der Waals surface area contributed by atoms with Gasteiger partial charge in [-0.3, -0.25) is 9.59 Å². The quantitative estimate of drug-likeness (QED) is 0.713. The molecule has 0 aliphatic carbocycles. The monoisotopic (exact) mass is 230 g/mol. The Morgan fingerprint density at radius 1 is 1.06 bits per heavy atom. The Kier molecular flexibility index (Phi) is 3.06. The summed E-state index contributed by atoms with van der Waals surface area (Å²) in [5.74, 6) is -0.869. The molecule has 4 nitrogen and oxygen atoms in total. The second kappa shape index (κ2) is 4.51. The van der Waals surface area contributed by atoms with Gasteiger partial charge in [-0.1, -0.05) is 30.3 Å². The van der Waals surface area contributed by atoms with Gasteiger partial charge in [-0.15, -0.1) is 0 Å². The Hall–Kier alpha value is -1.94. The van der Waals surface area contributed by atoms with Gasteiger partial charge in [-0.05, 0) is 19.4 Å². The highest BCUT2D eigenvalue weighted by Gasteiger charge is 2.30. The molecule has 0 bridgehead atoms. The Bertz CT molecular complexity index is 491. The number of Topliss-reactive ketones (excluding diaryl/α,β-unsaturated/α-hetero) is 2.